The average Bonchev–Trinajstić information content (AvgIpc) is 2.58. The molecule has 2 aromatic carbocycles. The van der Waals surface area contributed by atoms with Gasteiger partial charge < -0.3 is 9.47 Å². The lowest BCUT2D eigenvalue weighted by Gasteiger charge is -2.03. The number of carbonyl (C=O) groups excluding carboxylic acids is 1. The second-order valence-corrected chi connectivity index (χ2v) is 4.76. The Labute approximate surface area is 131 Å². The van der Waals surface area contributed by atoms with Gasteiger partial charge in [0.05, 0.1) is 0 Å². The van der Waals surface area contributed by atoms with E-state index in [-0.39, 0.29) is 12.6 Å². The average molecular weight is 296 g/mol. The molecule has 0 saturated heterocycles. The Kier molecular flexibility index (Phi) is 6.76. The second-order valence-electron chi connectivity index (χ2n) is 4.76. The van der Waals surface area contributed by atoms with Crippen molar-refractivity contribution in [3.8, 4) is 5.75 Å². The molecule has 2 aromatic rings. The smallest absolute Gasteiger partial charge is 0.306 e. The summed E-state index contributed by atoms with van der Waals surface area (Å²) in [5.74, 6) is 0.643. The summed E-state index contributed by atoms with van der Waals surface area (Å²) in [6, 6.07) is 19.5. The van der Waals surface area contributed by atoms with Crippen LogP contribution in [0.2, 0.25) is 0 Å². The van der Waals surface area contributed by atoms with Crippen LogP contribution in [0.15, 0.2) is 72.8 Å². The molecule has 0 bridgehead atoms. The molecule has 0 atom stereocenters. The minimum Gasteiger partial charge on any atom is -0.490 e. The molecule has 0 saturated carbocycles. The molecule has 0 aliphatic rings. The van der Waals surface area contributed by atoms with Gasteiger partial charge in [-0.15, -0.1) is 0 Å². The van der Waals surface area contributed by atoms with Crippen LogP contribution in [0.25, 0.3) is 0 Å². The van der Waals surface area contributed by atoms with Crippen molar-refractivity contribution in [1.82, 2.24) is 0 Å². The molecule has 0 spiro atoms. The molecule has 0 aliphatic heterocycles. The van der Waals surface area contributed by atoms with Crippen LogP contribution in [0.1, 0.15) is 12.0 Å². The number of ether oxygens (including phenoxy) is 2. The minimum absolute atomic E-state index is 0.183. The van der Waals surface area contributed by atoms with Crippen LogP contribution in [0.3, 0.4) is 0 Å². The van der Waals surface area contributed by atoms with Gasteiger partial charge in [-0.1, -0.05) is 48.5 Å². The van der Waals surface area contributed by atoms with Crippen LogP contribution >= 0.6 is 0 Å². The van der Waals surface area contributed by atoms with E-state index >= 15 is 0 Å². The highest BCUT2D eigenvalue weighted by Crippen LogP contribution is 2.07. The van der Waals surface area contributed by atoms with Crippen molar-refractivity contribution in [2.75, 3.05) is 13.2 Å². The lowest BCUT2D eigenvalue weighted by molar-refractivity contribution is -0.142. The summed E-state index contributed by atoms with van der Waals surface area (Å²) in [5.41, 5.74) is 1.14. The van der Waals surface area contributed by atoms with Gasteiger partial charge in [-0.05, 0) is 36.3 Å². The molecular weight excluding hydrogens is 276 g/mol. The van der Waals surface area contributed by atoms with Crippen molar-refractivity contribution in [1.29, 1.82) is 0 Å². The lowest BCUT2D eigenvalue weighted by atomic mass is 10.1. The molecule has 0 amide bonds. The highest BCUT2D eigenvalue weighted by Gasteiger charge is 2.02. The van der Waals surface area contributed by atoms with Gasteiger partial charge in [0.15, 0.2) is 0 Å². The van der Waals surface area contributed by atoms with Gasteiger partial charge in [0.2, 0.25) is 0 Å². The summed E-state index contributed by atoms with van der Waals surface area (Å²) < 4.78 is 10.6. The lowest BCUT2D eigenvalue weighted by Crippen LogP contribution is -2.06. The van der Waals surface area contributed by atoms with Gasteiger partial charge in [-0.3, -0.25) is 4.79 Å². The summed E-state index contributed by atoms with van der Waals surface area (Å²) in [6.45, 7) is 0.747. The standard InChI is InChI=1S/C19H20O3/c20-19(14-13-17-9-3-1-4-10-17)22-16-8-7-15-21-18-11-5-2-6-12-18/h1-12H,13-16H2. The maximum atomic E-state index is 11.6. The molecule has 0 aromatic heterocycles. The predicted octanol–water partition coefficient (Wildman–Crippen LogP) is 3.80. The zero-order valence-corrected chi connectivity index (χ0v) is 12.5. The van der Waals surface area contributed by atoms with Gasteiger partial charge in [0.1, 0.15) is 19.0 Å². The van der Waals surface area contributed by atoms with Crippen LogP contribution in [-0.4, -0.2) is 19.2 Å². The first kappa shape index (κ1) is 15.8. The van der Waals surface area contributed by atoms with E-state index in [2.05, 4.69) is 0 Å². The van der Waals surface area contributed by atoms with E-state index < -0.39 is 0 Å². The van der Waals surface area contributed by atoms with E-state index in [0.29, 0.717) is 19.4 Å². The first-order valence-electron chi connectivity index (χ1n) is 7.37. The first-order valence-corrected chi connectivity index (χ1v) is 7.37. The Balaban J connectivity index is 1.56. The highest BCUT2D eigenvalue weighted by atomic mass is 16.5. The van der Waals surface area contributed by atoms with Crippen molar-refractivity contribution in [3.63, 3.8) is 0 Å². The maximum Gasteiger partial charge on any atom is 0.306 e. The zero-order valence-electron chi connectivity index (χ0n) is 12.5. The van der Waals surface area contributed by atoms with Gasteiger partial charge in [0.25, 0.3) is 0 Å². The molecule has 0 fully saturated rings. The number of aryl methyl sites for hydroxylation is 1. The largest absolute Gasteiger partial charge is 0.490 e. The highest BCUT2D eigenvalue weighted by molar-refractivity contribution is 5.69. The van der Waals surface area contributed by atoms with Crippen molar-refractivity contribution in [2.24, 2.45) is 0 Å². The first-order chi connectivity index (χ1) is 10.8. The van der Waals surface area contributed by atoms with E-state index in [0.717, 1.165) is 11.3 Å². The van der Waals surface area contributed by atoms with Crippen molar-refractivity contribution in [2.45, 2.75) is 12.8 Å². The van der Waals surface area contributed by atoms with E-state index in [4.69, 9.17) is 9.47 Å². The molecule has 3 heteroatoms. The molecular formula is C19H20O3. The summed E-state index contributed by atoms with van der Waals surface area (Å²) in [5, 5.41) is 0. The van der Waals surface area contributed by atoms with Crippen molar-refractivity contribution >= 4 is 5.97 Å². The summed E-state index contributed by atoms with van der Waals surface area (Å²) in [6.07, 6.45) is 4.75. The Hall–Kier alpha value is -2.55. The maximum absolute atomic E-state index is 11.6. The van der Waals surface area contributed by atoms with Crippen LogP contribution in [0.4, 0.5) is 0 Å². The summed E-state index contributed by atoms with van der Waals surface area (Å²) >= 11 is 0. The molecule has 0 heterocycles. The van der Waals surface area contributed by atoms with Gasteiger partial charge >= 0.3 is 5.97 Å². The van der Waals surface area contributed by atoms with Crippen LogP contribution in [0, 0.1) is 0 Å². The third-order valence-electron chi connectivity index (χ3n) is 3.06. The topological polar surface area (TPSA) is 35.5 Å². The third-order valence-corrected chi connectivity index (χ3v) is 3.06. The number of esters is 1. The Morgan fingerprint density at radius 2 is 1.50 bits per heavy atom. The molecule has 0 unspecified atom stereocenters. The van der Waals surface area contributed by atoms with Gasteiger partial charge in [0, 0.05) is 6.42 Å². The van der Waals surface area contributed by atoms with Gasteiger partial charge in [-0.2, -0.15) is 0 Å². The molecule has 0 N–H and O–H groups in total. The molecule has 0 radical (unpaired) electrons. The SMILES string of the molecule is O=C(CCc1ccccc1)OCC=CCOc1ccccc1. The Morgan fingerprint density at radius 3 is 2.23 bits per heavy atom. The minimum atomic E-state index is -0.183. The third kappa shape index (κ3) is 6.27. The summed E-state index contributed by atoms with van der Waals surface area (Å²) in [7, 11) is 0. The number of carbonyl (C=O) groups is 1. The van der Waals surface area contributed by atoms with Crippen LogP contribution < -0.4 is 4.74 Å². The Morgan fingerprint density at radius 1 is 0.864 bits per heavy atom. The fourth-order valence-corrected chi connectivity index (χ4v) is 1.90. The normalized spacial score (nSPS) is 10.5. The van der Waals surface area contributed by atoms with Crippen molar-refractivity contribution < 1.29 is 14.3 Å². The quantitative estimate of drug-likeness (QED) is 0.549. The summed E-state index contributed by atoms with van der Waals surface area (Å²) in [4.78, 5) is 11.6. The Bertz CT molecular complexity index is 576. The number of benzene rings is 2. The van der Waals surface area contributed by atoms with E-state index in [1.165, 1.54) is 0 Å². The number of rotatable bonds is 8. The van der Waals surface area contributed by atoms with Crippen LogP contribution in [0.5, 0.6) is 5.75 Å². The fourth-order valence-electron chi connectivity index (χ4n) is 1.90. The fraction of sp³-hybridized carbons (Fsp3) is 0.211. The van der Waals surface area contributed by atoms with Gasteiger partial charge in [-0.25, -0.2) is 0 Å². The zero-order chi connectivity index (χ0) is 15.5. The number of para-hydroxylation sites is 1. The van der Waals surface area contributed by atoms with E-state index in [9.17, 15) is 4.79 Å². The molecule has 22 heavy (non-hydrogen) atoms. The van der Waals surface area contributed by atoms with E-state index in [1.807, 2.05) is 66.7 Å². The molecule has 0 aliphatic carbocycles. The molecule has 114 valence electrons. The predicted molar refractivity (Wildman–Crippen MR) is 86.8 cm³/mol. The van der Waals surface area contributed by atoms with E-state index in [1.54, 1.807) is 6.08 Å². The van der Waals surface area contributed by atoms with Crippen molar-refractivity contribution in [3.05, 3.63) is 78.4 Å². The second kappa shape index (κ2) is 9.40. The molecule has 3 nitrogen and oxygen atoms in total. The number of hydrogen-bond donors (Lipinski definition) is 0. The monoisotopic (exact) mass is 296 g/mol. The molecule has 2 rings (SSSR count). The number of hydrogen-bond acceptors (Lipinski definition) is 3. The van der Waals surface area contributed by atoms with Crippen LogP contribution in [-0.2, 0) is 16.0 Å².